The number of esters is 1. The first-order valence-corrected chi connectivity index (χ1v) is 20.0. The highest BCUT2D eigenvalue weighted by molar-refractivity contribution is 6.30. The summed E-state index contributed by atoms with van der Waals surface area (Å²) in [6.07, 6.45) is 9.25. The lowest BCUT2D eigenvalue weighted by Crippen LogP contribution is -2.66. The molecular weight excluding hydrogens is 692 g/mol. The number of anilines is 1. The summed E-state index contributed by atoms with van der Waals surface area (Å²) in [6, 6.07) is 3.79. The van der Waals surface area contributed by atoms with Gasteiger partial charge >= 0.3 is 18.0 Å². The van der Waals surface area contributed by atoms with Crippen LogP contribution in [0.1, 0.15) is 127 Å². The van der Waals surface area contributed by atoms with Gasteiger partial charge in [-0.3, -0.25) is 14.4 Å². The smallest absolute Gasteiger partial charge is 0.316 e. The molecule has 288 valence electrons. The van der Waals surface area contributed by atoms with E-state index in [2.05, 4.69) is 69.0 Å². The van der Waals surface area contributed by atoms with E-state index in [1.807, 2.05) is 0 Å². The molecule has 53 heavy (non-hydrogen) atoms. The van der Waals surface area contributed by atoms with Gasteiger partial charge in [0.2, 0.25) is 0 Å². The number of pyridine rings is 1. The Morgan fingerprint density at radius 1 is 1.00 bits per heavy atom. The van der Waals surface area contributed by atoms with Crippen molar-refractivity contribution in [2.45, 2.75) is 138 Å². The second-order valence-electron chi connectivity index (χ2n) is 19.4. The maximum Gasteiger partial charge on any atom is 0.316 e. The Morgan fingerprint density at radius 2 is 1.74 bits per heavy atom. The summed E-state index contributed by atoms with van der Waals surface area (Å²) in [6.45, 7) is 19.6. The molecule has 0 bridgehead atoms. The van der Waals surface area contributed by atoms with Gasteiger partial charge in [0.25, 0.3) is 5.89 Å². The Kier molecular flexibility index (Phi) is 9.07. The third-order valence-electron chi connectivity index (χ3n) is 15.5. The Balaban J connectivity index is 1.17. The molecule has 4 fully saturated rings. The predicted molar refractivity (Wildman–Crippen MR) is 202 cm³/mol. The fourth-order valence-corrected chi connectivity index (χ4v) is 12.8. The molecule has 7 rings (SSSR count). The zero-order valence-corrected chi connectivity index (χ0v) is 33.7. The number of carboxylic acids is 1. The number of rotatable bonds is 8. The molecule has 1 unspecified atom stereocenters. The number of ether oxygens (including phenoxy) is 1. The number of allylic oxidation sites excluding steroid dienone is 1. The third-order valence-corrected chi connectivity index (χ3v) is 15.8. The molecule has 0 aliphatic heterocycles. The van der Waals surface area contributed by atoms with Gasteiger partial charge in [-0.25, -0.2) is 4.98 Å². The van der Waals surface area contributed by atoms with Crippen LogP contribution < -0.4 is 5.32 Å². The SMILES string of the molecule is CC(C)C1=C2C3CC[C@@H]4[C@@]5(C)CC[C@H](OC(=O)CC(C)(C)C(=O)O)C(C)(C)[C@@H]5CC[C@@]4(C)[C@]3(C)CC[C@@]2(Nc2nnc(-c3ccc(Cl)cn3)o2)CC1=O. The van der Waals surface area contributed by atoms with E-state index in [-0.39, 0.29) is 51.8 Å². The van der Waals surface area contributed by atoms with Crippen LogP contribution in [0.25, 0.3) is 11.6 Å². The van der Waals surface area contributed by atoms with Crippen LogP contribution in [0.5, 0.6) is 0 Å². The van der Waals surface area contributed by atoms with Gasteiger partial charge in [-0.2, -0.15) is 0 Å². The van der Waals surface area contributed by atoms with Crippen molar-refractivity contribution in [3.05, 3.63) is 34.5 Å². The molecule has 0 amide bonds. The standard InChI is InChI=1S/C42H57ClN4O6/c1-23(2)32-27(48)20-42(45-36-47-46-34(53-36)26-12-10-24(43)22-44-26)19-18-40(8)25(33(32)42)11-13-29-39(7)16-15-30(52-31(49)21-37(3,4)35(50)51)38(5,6)28(39)14-17-41(29,40)9/h10,12,22-23,25,28-30H,11,13-21H2,1-9H3,(H,45,47)(H,50,51)/t25?,28-,29+,30-,39-,40+,41+,42+/m0/s1. The average molecular weight is 749 g/mol. The van der Waals surface area contributed by atoms with E-state index in [1.54, 1.807) is 32.2 Å². The third kappa shape index (κ3) is 5.78. The van der Waals surface area contributed by atoms with Crippen LogP contribution in [0, 0.1) is 50.7 Å². The topological polar surface area (TPSA) is 145 Å². The number of nitrogens with zero attached hydrogens (tertiary/aromatic N) is 3. The van der Waals surface area contributed by atoms with Crippen molar-refractivity contribution in [3.8, 4) is 11.6 Å². The predicted octanol–water partition coefficient (Wildman–Crippen LogP) is 9.34. The zero-order chi connectivity index (χ0) is 38.5. The van der Waals surface area contributed by atoms with Crippen molar-refractivity contribution in [1.82, 2.24) is 15.2 Å². The van der Waals surface area contributed by atoms with E-state index >= 15 is 0 Å². The number of aromatic nitrogens is 3. The lowest BCUT2D eigenvalue weighted by molar-refractivity contribution is -0.231. The second kappa shape index (κ2) is 12.6. The zero-order valence-electron chi connectivity index (χ0n) is 32.9. The monoisotopic (exact) mass is 748 g/mol. The summed E-state index contributed by atoms with van der Waals surface area (Å²) in [5, 5.41) is 22.5. The van der Waals surface area contributed by atoms with Crippen LogP contribution in [0.2, 0.25) is 5.02 Å². The lowest BCUT2D eigenvalue weighted by atomic mass is 9.33. The molecule has 5 aliphatic rings. The van der Waals surface area contributed by atoms with Gasteiger partial charge in [-0.05, 0) is 128 Å². The van der Waals surface area contributed by atoms with Gasteiger partial charge < -0.3 is 19.6 Å². The largest absolute Gasteiger partial charge is 0.481 e. The molecule has 11 heteroatoms. The fourth-order valence-electron chi connectivity index (χ4n) is 12.7. The number of carbonyl (C=O) groups excluding carboxylic acids is 2. The highest BCUT2D eigenvalue weighted by atomic mass is 35.5. The summed E-state index contributed by atoms with van der Waals surface area (Å²) in [7, 11) is 0. The second-order valence-corrected chi connectivity index (χ2v) is 19.8. The molecule has 0 aromatic carbocycles. The highest BCUT2D eigenvalue weighted by Crippen LogP contribution is 2.76. The Bertz CT molecular complexity index is 1850. The summed E-state index contributed by atoms with van der Waals surface area (Å²) >= 11 is 6.06. The van der Waals surface area contributed by atoms with Gasteiger partial charge in [-0.1, -0.05) is 65.2 Å². The number of nitrogens with one attached hydrogen (secondary N) is 1. The van der Waals surface area contributed by atoms with Crippen LogP contribution in [0.3, 0.4) is 0 Å². The number of halogens is 1. The van der Waals surface area contributed by atoms with E-state index in [0.717, 1.165) is 56.9 Å². The Hall–Kier alpha value is -3.27. The molecule has 2 aromatic heterocycles. The number of aliphatic carboxylic acids is 1. The minimum atomic E-state index is -1.17. The van der Waals surface area contributed by atoms with Crippen molar-refractivity contribution in [1.29, 1.82) is 0 Å². The minimum absolute atomic E-state index is 0.0295. The molecule has 4 saturated carbocycles. The first-order valence-electron chi connectivity index (χ1n) is 19.6. The number of Topliss-reactive ketones (excluding diaryl/α,β-unsaturated/α-hetero) is 1. The first kappa shape index (κ1) is 38.0. The summed E-state index contributed by atoms with van der Waals surface area (Å²) in [5.74, 6) is 0.261. The number of carboxylic acid groups (broad SMARTS) is 1. The number of fused-ring (bicyclic) bond motifs is 7. The van der Waals surface area contributed by atoms with Gasteiger partial charge in [0.1, 0.15) is 11.8 Å². The van der Waals surface area contributed by atoms with E-state index in [9.17, 15) is 19.5 Å². The van der Waals surface area contributed by atoms with Crippen LogP contribution >= 0.6 is 11.6 Å². The molecule has 0 radical (unpaired) electrons. The van der Waals surface area contributed by atoms with E-state index < -0.39 is 22.9 Å². The number of carbonyl (C=O) groups is 3. The van der Waals surface area contributed by atoms with Crippen molar-refractivity contribution < 1.29 is 28.6 Å². The Morgan fingerprint density at radius 3 is 2.40 bits per heavy atom. The Labute approximate surface area is 318 Å². The summed E-state index contributed by atoms with van der Waals surface area (Å²) in [4.78, 5) is 43.2. The molecule has 8 atom stereocenters. The van der Waals surface area contributed by atoms with E-state index in [4.69, 9.17) is 20.8 Å². The average Bonchev–Trinajstić information content (AvgIpc) is 3.64. The molecule has 0 saturated heterocycles. The number of hydrogen-bond acceptors (Lipinski definition) is 9. The van der Waals surface area contributed by atoms with Crippen molar-refractivity contribution >= 4 is 35.3 Å². The minimum Gasteiger partial charge on any atom is -0.481 e. The maximum absolute atomic E-state index is 14.1. The normalized spacial score (nSPS) is 36.3. The van der Waals surface area contributed by atoms with Gasteiger partial charge in [0.15, 0.2) is 5.78 Å². The van der Waals surface area contributed by atoms with E-state index in [1.165, 1.54) is 5.57 Å². The highest BCUT2D eigenvalue weighted by Gasteiger charge is 2.70. The van der Waals surface area contributed by atoms with E-state index in [0.29, 0.717) is 40.9 Å². The molecule has 5 aliphatic carbocycles. The molecule has 2 heterocycles. The number of hydrogen-bond donors (Lipinski definition) is 2. The maximum atomic E-state index is 14.1. The molecular formula is C42H57ClN4O6. The first-order chi connectivity index (χ1) is 24.7. The number of ketones is 1. The van der Waals surface area contributed by atoms with Crippen LogP contribution in [0.4, 0.5) is 6.01 Å². The molecule has 0 spiro atoms. The molecule has 2 aromatic rings. The van der Waals surface area contributed by atoms with Crippen molar-refractivity contribution in [2.24, 2.45) is 50.7 Å². The van der Waals surface area contributed by atoms with Crippen molar-refractivity contribution in [3.63, 3.8) is 0 Å². The quantitative estimate of drug-likeness (QED) is 0.251. The van der Waals surface area contributed by atoms with Gasteiger partial charge in [0.05, 0.1) is 22.4 Å². The summed E-state index contributed by atoms with van der Waals surface area (Å²) in [5.41, 5.74) is 0.838. The van der Waals surface area contributed by atoms with Crippen LogP contribution in [-0.2, 0) is 19.1 Å². The molecule has 2 N–H and O–H groups in total. The van der Waals surface area contributed by atoms with Crippen LogP contribution in [-0.4, -0.2) is 49.7 Å². The fraction of sp³-hybridized carbons (Fsp3) is 0.714. The molecule has 10 nitrogen and oxygen atoms in total. The van der Waals surface area contributed by atoms with Gasteiger partial charge in [-0.15, -0.1) is 5.10 Å². The summed E-state index contributed by atoms with van der Waals surface area (Å²) < 4.78 is 12.3. The van der Waals surface area contributed by atoms with Crippen molar-refractivity contribution in [2.75, 3.05) is 5.32 Å². The van der Waals surface area contributed by atoms with Gasteiger partial charge in [0, 0.05) is 18.0 Å². The van der Waals surface area contributed by atoms with Crippen LogP contribution in [0.15, 0.2) is 33.9 Å². The lowest BCUT2D eigenvalue weighted by Gasteiger charge is -2.72.